The average Bonchev–Trinajstić information content (AvgIpc) is 3.49. The van der Waals surface area contributed by atoms with Crippen LogP contribution in [0.2, 0.25) is 0 Å². The van der Waals surface area contributed by atoms with Gasteiger partial charge in [-0.1, -0.05) is 41.7 Å². The highest BCUT2D eigenvalue weighted by Crippen LogP contribution is 2.27. The molecule has 0 saturated carbocycles. The fraction of sp³-hybridized carbons (Fsp3) is 0.190. The Labute approximate surface area is 187 Å². The van der Waals surface area contributed by atoms with Gasteiger partial charge in [0.1, 0.15) is 10.8 Å². The molecule has 10 heteroatoms. The van der Waals surface area contributed by atoms with Crippen LogP contribution in [-0.4, -0.2) is 39.2 Å². The molecule has 0 radical (unpaired) electrons. The summed E-state index contributed by atoms with van der Waals surface area (Å²) in [5.41, 5.74) is 4.65. The van der Waals surface area contributed by atoms with Gasteiger partial charge in [-0.05, 0) is 24.1 Å². The number of aromatic nitrogens is 4. The van der Waals surface area contributed by atoms with Crippen molar-refractivity contribution in [2.24, 2.45) is 0 Å². The number of nitrogens with zero attached hydrogens (tertiary/aromatic N) is 4. The van der Waals surface area contributed by atoms with Crippen LogP contribution in [0.5, 0.6) is 0 Å². The molecular formula is C21H21N7OS2. The predicted molar refractivity (Wildman–Crippen MR) is 124 cm³/mol. The predicted octanol–water partition coefficient (Wildman–Crippen LogP) is 3.44. The summed E-state index contributed by atoms with van der Waals surface area (Å²) in [6, 6.07) is 13.2. The second kappa shape index (κ2) is 10.2. The second-order valence-electron chi connectivity index (χ2n) is 6.68. The smallest absolute Gasteiger partial charge is 0.243 e. The van der Waals surface area contributed by atoms with Crippen LogP contribution in [0.1, 0.15) is 11.3 Å². The largest absolute Gasteiger partial charge is 0.373 e. The minimum Gasteiger partial charge on any atom is -0.373 e. The molecule has 0 saturated heterocycles. The maximum Gasteiger partial charge on any atom is 0.243 e. The van der Waals surface area contributed by atoms with Crippen molar-refractivity contribution in [1.29, 1.82) is 0 Å². The molecule has 0 aliphatic rings. The third kappa shape index (κ3) is 5.69. The molecule has 4 rings (SSSR count). The van der Waals surface area contributed by atoms with Gasteiger partial charge in [0.05, 0.1) is 17.2 Å². The number of benzene rings is 1. The van der Waals surface area contributed by atoms with E-state index in [-0.39, 0.29) is 5.91 Å². The van der Waals surface area contributed by atoms with E-state index in [2.05, 4.69) is 36.1 Å². The van der Waals surface area contributed by atoms with Gasteiger partial charge in [-0.15, -0.1) is 21.5 Å². The lowest BCUT2D eigenvalue weighted by Gasteiger charge is -2.17. The Morgan fingerprint density at radius 3 is 2.77 bits per heavy atom. The van der Waals surface area contributed by atoms with Crippen molar-refractivity contribution in [3.8, 4) is 10.6 Å². The average molecular weight is 452 g/mol. The van der Waals surface area contributed by atoms with Gasteiger partial charge < -0.3 is 5.32 Å². The summed E-state index contributed by atoms with van der Waals surface area (Å²) in [6.45, 7) is 0.513. The van der Waals surface area contributed by atoms with Crippen LogP contribution in [0.15, 0.2) is 59.6 Å². The molecule has 0 bridgehead atoms. The van der Waals surface area contributed by atoms with Gasteiger partial charge in [0, 0.05) is 30.7 Å². The first-order chi connectivity index (χ1) is 15.2. The van der Waals surface area contributed by atoms with Crippen molar-refractivity contribution in [2.75, 3.05) is 17.7 Å². The topological polar surface area (TPSA) is 105 Å². The fourth-order valence-corrected chi connectivity index (χ4v) is 4.24. The van der Waals surface area contributed by atoms with Crippen LogP contribution >= 0.6 is 22.7 Å². The van der Waals surface area contributed by atoms with Gasteiger partial charge in [-0.25, -0.2) is 9.97 Å². The fourth-order valence-electron chi connectivity index (χ4n) is 2.94. The number of thiazole rings is 1. The molecule has 0 unspecified atom stereocenters. The zero-order valence-corrected chi connectivity index (χ0v) is 18.4. The quantitative estimate of drug-likeness (QED) is 0.358. The Morgan fingerprint density at radius 1 is 1.13 bits per heavy atom. The van der Waals surface area contributed by atoms with Gasteiger partial charge in [-0.2, -0.15) is 0 Å². The molecule has 1 aromatic carbocycles. The first-order valence-electron chi connectivity index (χ1n) is 9.64. The zero-order chi connectivity index (χ0) is 21.5. The zero-order valence-electron chi connectivity index (χ0n) is 16.8. The van der Waals surface area contributed by atoms with Gasteiger partial charge in [0.2, 0.25) is 11.0 Å². The maximum atomic E-state index is 13.1. The van der Waals surface area contributed by atoms with Gasteiger partial charge >= 0.3 is 0 Å². The number of pyridine rings is 1. The lowest BCUT2D eigenvalue weighted by Crippen LogP contribution is -2.41. The van der Waals surface area contributed by atoms with E-state index in [4.69, 9.17) is 0 Å². The Balaban J connectivity index is 1.46. The molecule has 0 aliphatic carbocycles. The normalized spacial score (nSPS) is 11.8. The summed E-state index contributed by atoms with van der Waals surface area (Å²) < 4.78 is 0. The van der Waals surface area contributed by atoms with E-state index < -0.39 is 6.04 Å². The van der Waals surface area contributed by atoms with E-state index in [0.29, 0.717) is 23.1 Å². The Hall–Kier alpha value is -3.21. The minimum atomic E-state index is -0.437. The summed E-state index contributed by atoms with van der Waals surface area (Å²) in [4.78, 5) is 21.5. The first kappa shape index (κ1) is 21.0. The minimum absolute atomic E-state index is 0.160. The van der Waals surface area contributed by atoms with E-state index in [9.17, 15) is 4.79 Å². The highest BCUT2D eigenvalue weighted by molar-refractivity contribution is 7.18. The molecule has 4 aromatic rings. The second-order valence-corrected chi connectivity index (χ2v) is 8.38. The van der Waals surface area contributed by atoms with Crippen molar-refractivity contribution < 1.29 is 4.79 Å². The summed E-state index contributed by atoms with van der Waals surface area (Å²) in [6.07, 6.45) is 2.26. The Morgan fingerprint density at radius 2 is 2.00 bits per heavy atom. The molecule has 3 aromatic heterocycles. The molecule has 0 spiro atoms. The molecule has 1 atom stereocenters. The lowest BCUT2D eigenvalue weighted by atomic mass is 10.1. The third-order valence-electron chi connectivity index (χ3n) is 4.53. The summed E-state index contributed by atoms with van der Waals surface area (Å²) in [7, 11) is 1.81. The number of carbonyl (C=O) groups is 1. The standard InChI is InChI=1S/C21H21N7OS2/c1-22-18-10-15(7-8-23-18)20-27-28-21(31-20)26-19(29)17(9-14-5-3-2-4-6-14)24-11-16-12-30-13-25-16/h2-8,10,12-13,17,24H,9,11H2,1H3,(H,22,23)(H,26,28,29)/t17-/m0/s1. The van der Waals surface area contributed by atoms with E-state index in [1.54, 1.807) is 11.7 Å². The monoisotopic (exact) mass is 451 g/mol. The lowest BCUT2D eigenvalue weighted by molar-refractivity contribution is -0.118. The summed E-state index contributed by atoms with van der Waals surface area (Å²) in [5, 5.41) is 20.7. The van der Waals surface area contributed by atoms with Crippen molar-refractivity contribution in [1.82, 2.24) is 25.5 Å². The number of nitrogens with one attached hydrogen (secondary N) is 3. The van der Waals surface area contributed by atoms with Gasteiger partial charge in [0.25, 0.3) is 0 Å². The van der Waals surface area contributed by atoms with Crippen LogP contribution in [-0.2, 0) is 17.8 Å². The number of hydrogen-bond donors (Lipinski definition) is 3. The molecule has 8 nitrogen and oxygen atoms in total. The summed E-state index contributed by atoms with van der Waals surface area (Å²) >= 11 is 2.86. The first-order valence-corrected chi connectivity index (χ1v) is 11.4. The highest BCUT2D eigenvalue weighted by atomic mass is 32.1. The van der Waals surface area contributed by atoms with Crippen molar-refractivity contribution in [3.63, 3.8) is 0 Å². The van der Waals surface area contributed by atoms with Crippen molar-refractivity contribution in [3.05, 3.63) is 70.8 Å². The molecule has 3 N–H and O–H groups in total. The number of amides is 1. The van der Waals surface area contributed by atoms with E-state index >= 15 is 0 Å². The number of anilines is 2. The summed E-state index contributed by atoms with van der Waals surface area (Å²) in [5.74, 6) is 0.583. The van der Waals surface area contributed by atoms with Crippen molar-refractivity contribution >= 4 is 39.5 Å². The molecule has 31 heavy (non-hydrogen) atoms. The van der Waals surface area contributed by atoms with Crippen LogP contribution in [0.4, 0.5) is 10.9 Å². The van der Waals surface area contributed by atoms with E-state index in [1.165, 1.54) is 22.7 Å². The number of hydrogen-bond acceptors (Lipinski definition) is 9. The third-order valence-corrected chi connectivity index (χ3v) is 6.05. The SMILES string of the molecule is CNc1cc(-c2nnc(NC(=O)[C@H](Cc3ccccc3)NCc3cscn3)s2)ccn1. The Kier molecular flexibility index (Phi) is 6.92. The maximum absolute atomic E-state index is 13.1. The highest BCUT2D eigenvalue weighted by Gasteiger charge is 2.21. The van der Waals surface area contributed by atoms with Crippen LogP contribution < -0.4 is 16.0 Å². The Bertz CT molecular complexity index is 1120. The van der Waals surface area contributed by atoms with Crippen molar-refractivity contribution in [2.45, 2.75) is 19.0 Å². The van der Waals surface area contributed by atoms with Crippen LogP contribution in [0.3, 0.4) is 0 Å². The molecule has 3 heterocycles. The van der Waals surface area contributed by atoms with E-state index in [0.717, 1.165) is 22.6 Å². The molecule has 0 aliphatic heterocycles. The van der Waals surface area contributed by atoms with Gasteiger partial charge in [0.15, 0.2) is 0 Å². The van der Waals surface area contributed by atoms with E-state index in [1.807, 2.05) is 54.9 Å². The molecule has 1 amide bonds. The molecule has 0 fully saturated rings. The van der Waals surface area contributed by atoms with Crippen LogP contribution in [0.25, 0.3) is 10.6 Å². The number of carbonyl (C=O) groups excluding carboxylic acids is 1. The van der Waals surface area contributed by atoms with Crippen LogP contribution in [0, 0.1) is 0 Å². The molecule has 158 valence electrons. The molecular weight excluding hydrogens is 430 g/mol. The number of rotatable bonds is 9. The van der Waals surface area contributed by atoms with Gasteiger partial charge in [-0.3, -0.25) is 15.4 Å².